The summed E-state index contributed by atoms with van der Waals surface area (Å²) in [6.45, 7) is 2.26. The summed E-state index contributed by atoms with van der Waals surface area (Å²) >= 11 is 0. The van der Waals surface area contributed by atoms with Crippen LogP contribution < -0.4 is 5.32 Å². The number of amides is 1. The van der Waals surface area contributed by atoms with Crippen LogP contribution in [0.15, 0.2) is 24.3 Å². The SMILES string of the molecule is Cl.O=C(CCN1CCC(C(=O)O)CC1)NC1CCCc2ccccc21. The molecule has 5 nitrogen and oxygen atoms in total. The molecule has 1 aliphatic carbocycles. The highest BCUT2D eigenvalue weighted by molar-refractivity contribution is 5.85. The lowest BCUT2D eigenvalue weighted by Crippen LogP contribution is -2.39. The standard InChI is InChI=1S/C19H26N2O3.ClH/c22-18(10-13-21-11-8-15(9-12-21)19(23)24)20-17-7-3-5-14-4-1-2-6-16(14)17;/h1-2,4,6,15,17H,3,5,7-13H2,(H,20,22)(H,23,24);1H. The van der Waals surface area contributed by atoms with Gasteiger partial charge in [-0.25, -0.2) is 0 Å². The van der Waals surface area contributed by atoms with Crippen LogP contribution >= 0.6 is 12.4 Å². The van der Waals surface area contributed by atoms with Gasteiger partial charge in [0, 0.05) is 13.0 Å². The summed E-state index contributed by atoms with van der Waals surface area (Å²) in [6.07, 6.45) is 5.08. The van der Waals surface area contributed by atoms with Gasteiger partial charge < -0.3 is 15.3 Å². The molecule has 0 aromatic heterocycles. The Morgan fingerprint density at radius 2 is 1.88 bits per heavy atom. The van der Waals surface area contributed by atoms with E-state index in [1.807, 2.05) is 6.07 Å². The molecule has 0 spiro atoms. The first-order valence-corrected chi connectivity index (χ1v) is 8.96. The molecule has 0 radical (unpaired) electrons. The lowest BCUT2D eigenvalue weighted by molar-refractivity contribution is -0.143. The molecular formula is C19H27ClN2O3. The van der Waals surface area contributed by atoms with Crippen LogP contribution in [0.1, 0.15) is 49.3 Å². The van der Waals surface area contributed by atoms with Crippen LogP contribution in [-0.4, -0.2) is 41.5 Å². The fraction of sp³-hybridized carbons (Fsp3) is 0.579. The molecule has 2 N–H and O–H groups in total. The summed E-state index contributed by atoms with van der Waals surface area (Å²) in [4.78, 5) is 25.5. The number of aliphatic carboxylic acids is 1. The van der Waals surface area contributed by atoms with Gasteiger partial charge >= 0.3 is 5.97 Å². The van der Waals surface area contributed by atoms with Crippen molar-refractivity contribution >= 4 is 24.3 Å². The highest BCUT2D eigenvalue weighted by atomic mass is 35.5. The van der Waals surface area contributed by atoms with E-state index in [-0.39, 0.29) is 30.3 Å². The Morgan fingerprint density at radius 3 is 2.60 bits per heavy atom. The summed E-state index contributed by atoms with van der Waals surface area (Å²) < 4.78 is 0. The van der Waals surface area contributed by atoms with E-state index in [2.05, 4.69) is 28.4 Å². The monoisotopic (exact) mass is 366 g/mol. The lowest BCUT2D eigenvalue weighted by Gasteiger charge is -2.30. The molecule has 0 bridgehead atoms. The number of rotatable bonds is 5. The summed E-state index contributed by atoms with van der Waals surface area (Å²) in [6, 6.07) is 8.51. The molecule has 2 aliphatic rings. The van der Waals surface area contributed by atoms with E-state index in [9.17, 15) is 9.59 Å². The van der Waals surface area contributed by atoms with Gasteiger partial charge in [0.05, 0.1) is 12.0 Å². The van der Waals surface area contributed by atoms with Gasteiger partial charge in [0.25, 0.3) is 0 Å². The number of nitrogens with one attached hydrogen (secondary N) is 1. The van der Waals surface area contributed by atoms with Crippen molar-refractivity contribution in [1.29, 1.82) is 0 Å². The topological polar surface area (TPSA) is 69.6 Å². The molecule has 1 saturated heterocycles. The van der Waals surface area contributed by atoms with Gasteiger partial charge in [0.2, 0.25) is 5.91 Å². The number of hydrogen-bond acceptors (Lipinski definition) is 3. The molecule has 1 unspecified atom stereocenters. The highest BCUT2D eigenvalue weighted by Crippen LogP contribution is 2.29. The number of fused-ring (bicyclic) bond motifs is 1. The van der Waals surface area contributed by atoms with Gasteiger partial charge in [-0.1, -0.05) is 24.3 Å². The largest absolute Gasteiger partial charge is 0.481 e. The summed E-state index contributed by atoms with van der Waals surface area (Å²) in [7, 11) is 0. The first kappa shape index (κ1) is 19.7. The fourth-order valence-electron chi connectivity index (χ4n) is 3.83. The Kier molecular flexibility index (Phi) is 7.26. The minimum Gasteiger partial charge on any atom is -0.481 e. The quantitative estimate of drug-likeness (QED) is 0.840. The molecule has 1 fully saturated rings. The maximum atomic E-state index is 12.3. The molecule has 138 valence electrons. The maximum absolute atomic E-state index is 12.3. The number of halogens is 1. The zero-order chi connectivity index (χ0) is 16.9. The maximum Gasteiger partial charge on any atom is 0.306 e. The molecule has 0 saturated carbocycles. The normalized spacial score (nSPS) is 21.0. The fourth-order valence-corrected chi connectivity index (χ4v) is 3.83. The molecule has 1 heterocycles. The number of likely N-dealkylation sites (tertiary alicyclic amines) is 1. The van der Waals surface area contributed by atoms with Crippen molar-refractivity contribution in [1.82, 2.24) is 10.2 Å². The Balaban J connectivity index is 0.00000225. The number of carboxylic acids is 1. The van der Waals surface area contributed by atoms with Crippen molar-refractivity contribution in [3.63, 3.8) is 0 Å². The van der Waals surface area contributed by atoms with Crippen LogP contribution in [0.25, 0.3) is 0 Å². The van der Waals surface area contributed by atoms with Crippen LogP contribution in [0.4, 0.5) is 0 Å². The van der Waals surface area contributed by atoms with Gasteiger partial charge in [-0.2, -0.15) is 0 Å². The Bertz CT molecular complexity index is 600. The second-order valence-corrected chi connectivity index (χ2v) is 6.92. The molecule has 3 rings (SSSR count). The number of benzene rings is 1. The van der Waals surface area contributed by atoms with Gasteiger partial charge in [0.15, 0.2) is 0 Å². The third kappa shape index (κ3) is 5.19. The summed E-state index contributed by atoms with van der Waals surface area (Å²) in [5, 5.41) is 12.2. The highest BCUT2D eigenvalue weighted by Gasteiger charge is 2.25. The molecule has 1 aliphatic heterocycles. The van der Waals surface area contributed by atoms with Crippen molar-refractivity contribution in [2.75, 3.05) is 19.6 Å². The minimum absolute atomic E-state index is 0. The predicted octanol–water partition coefficient (Wildman–Crippen LogP) is 2.79. The molecule has 25 heavy (non-hydrogen) atoms. The Morgan fingerprint density at radius 1 is 1.16 bits per heavy atom. The van der Waals surface area contributed by atoms with E-state index in [1.54, 1.807) is 0 Å². The van der Waals surface area contributed by atoms with Crippen molar-refractivity contribution in [2.45, 2.75) is 44.6 Å². The number of piperidine rings is 1. The molecule has 6 heteroatoms. The van der Waals surface area contributed by atoms with Crippen molar-refractivity contribution in [3.8, 4) is 0 Å². The van der Waals surface area contributed by atoms with Crippen molar-refractivity contribution in [3.05, 3.63) is 35.4 Å². The number of aryl methyl sites for hydroxylation is 1. The van der Waals surface area contributed by atoms with Crippen LogP contribution in [0.2, 0.25) is 0 Å². The third-order valence-electron chi connectivity index (χ3n) is 5.30. The van der Waals surface area contributed by atoms with Crippen LogP contribution in [0.5, 0.6) is 0 Å². The van der Waals surface area contributed by atoms with E-state index >= 15 is 0 Å². The van der Waals surface area contributed by atoms with Crippen LogP contribution in [0.3, 0.4) is 0 Å². The second-order valence-electron chi connectivity index (χ2n) is 6.92. The van der Waals surface area contributed by atoms with Gasteiger partial charge in [-0.15, -0.1) is 12.4 Å². The van der Waals surface area contributed by atoms with Gasteiger partial charge in [-0.05, 0) is 56.3 Å². The zero-order valence-electron chi connectivity index (χ0n) is 14.4. The van der Waals surface area contributed by atoms with Crippen molar-refractivity contribution in [2.24, 2.45) is 5.92 Å². The van der Waals surface area contributed by atoms with E-state index in [0.717, 1.165) is 32.4 Å². The Labute approximate surface area is 155 Å². The average molecular weight is 367 g/mol. The smallest absolute Gasteiger partial charge is 0.306 e. The van der Waals surface area contributed by atoms with E-state index in [1.165, 1.54) is 11.1 Å². The molecular weight excluding hydrogens is 340 g/mol. The first-order valence-electron chi connectivity index (χ1n) is 8.96. The second kappa shape index (κ2) is 9.20. The molecule has 1 aromatic rings. The number of carbonyl (C=O) groups is 2. The van der Waals surface area contributed by atoms with Gasteiger partial charge in [0.1, 0.15) is 0 Å². The lowest BCUT2D eigenvalue weighted by atomic mass is 9.87. The number of carboxylic acid groups (broad SMARTS) is 1. The Hall–Kier alpha value is -1.59. The first-order chi connectivity index (χ1) is 11.6. The average Bonchev–Trinajstić information content (AvgIpc) is 2.61. The number of hydrogen-bond donors (Lipinski definition) is 2. The number of carbonyl (C=O) groups excluding carboxylic acids is 1. The van der Waals surface area contributed by atoms with Crippen LogP contribution in [-0.2, 0) is 16.0 Å². The minimum atomic E-state index is -0.691. The van der Waals surface area contributed by atoms with Crippen molar-refractivity contribution < 1.29 is 14.7 Å². The van der Waals surface area contributed by atoms with Gasteiger partial charge in [-0.3, -0.25) is 9.59 Å². The number of nitrogens with zero attached hydrogens (tertiary/aromatic N) is 1. The third-order valence-corrected chi connectivity index (χ3v) is 5.30. The van der Waals surface area contributed by atoms with E-state index < -0.39 is 5.97 Å². The molecule has 1 aromatic carbocycles. The molecule has 1 atom stereocenters. The predicted molar refractivity (Wildman–Crippen MR) is 98.9 cm³/mol. The van der Waals surface area contributed by atoms with Crippen LogP contribution in [0, 0.1) is 5.92 Å². The summed E-state index contributed by atoms with van der Waals surface area (Å²) in [5.74, 6) is -0.811. The van der Waals surface area contributed by atoms with E-state index in [4.69, 9.17) is 5.11 Å². The van der Waals surface area contributed by atoms with E-state index in [0.29, 0.717) is 25.8 Å². The summed E-state index contributed by atoms with van der Waals surface area (Å²) in [5.41, 5.74) is 2.61. The molecule has 1 amide bonds. The zero-order valence-corrected chi connectivity index (χ0v) is 15.3.